The Bertz CT molecular complexity index is 2600. The number of phenolic OH excluding ortho intramolecular Hbond substituents is 1. The second kappa shape index (κ2) is 36.3. The van der Waals surface area contributed by atoms with Gasteiger partial charge in [-0.3, -0.25) is 52.9 Å². The number of carboxylic acid groups (broad SMARTS) is 1. The zero-order valence-electron chi connectivity index (χ0n) is 49.4. The number of carbonyl (C=O) groups is 11. The number of hydrogen-bond acceptors (Lipinski definition) is 16. The van der Waals surface area contributed by atoms with Crippen LogP contribution in [0.4, 0.5) is 0 Å². The van der Waals surface area contributed by atoms with E-state index >= 15 is 0 Å². The number of nitrogens with one attached hydrogen (secondary N) is 9. The molecule has 0 bridgehead atoms. The van der Waals surface area contributed by atoms with Crippen LogP contribution in [0.2, 0.25) is 0 Å². The van der Waals surface area contributed by atoms with Crippen LogP contribution in [0.5, 0.6) is 5.75 Å². The largest absolute Gasteiger partial charge is 0.508 e. The number of rotatable bonds is 37. The van der Waals surface area contributed by atoms with Crippen LogP contribution in [0.3, 0.4) is 0 Å². The SMILES string of the molecule is CC(C)C[C@H](NC(=O)[C@H](CO)NC(=O)[C@@H](NC(=O)[C@H](CC(C)C)NC(=O)[C@@H](N)CC(N)=O)C(C)C)C(=O)N[C@@H](Cc1ccccc1)C(=O)N[C@@H](CO)C(=O)N[C@@H](CCCN=C(N)N)C(=O)N[C@@H](Cc1ccc(O)cc1)C(=O)N[C@H](C(=O)O)C(C)C. The van der Waals surface area contributed by atoms with Crippen molar-refractivity contribution in [1.29, 1.82) is 0 Å². The van der Waals surface area contributed by atoms with Gasteiger partial charge in [0.25, 0.3) is 0 Å². The molecule has 2 aromatic carbocycles. The molecule has 472 valence electrons. The molecule has 0 aliphatic rings. The third kappa shape index (κ3) is 26.4. The molecule has 2 aromatic rings. The van der Waals surface area contributed by atoms with Crippen molar-refractivity contribution in [2.24, 2.45) is 51.6 Å². The van der Waals surface area contributed by atoms with Gasteiger partial charge in [-0.1, -0.05) is 97.9 Å². The Morgan fingerprint density at radius 1 is 0.471 bits per heavy atom. The zero-order chi connectivity index (χ0) is 64.2. The molecule has 85 heavy (non-hydrogen) atoms. The third-order valence-corrected chi connectivity index (χ3v) is 13.0. The van der Waals surface area contributed by atoms with Crippen LogP contribution in [0.15, 0.2) is 59.6 Å². The first-order valence-corrected chi connectivity index (χ1v) is 28.0. The number of carboxylic acids is 1. The van der Waals surface area contributed by atoms with Crippen LogP contribution in [0, 0.1) is 23.7 Å². The number of nitrogens with zero attached hydrogens (tertiary/aromatic N) is 1. The predicted octanol–water partition coefficient (Wildman–Crippen LogP) is -3.73. The third-order valence-electron chi connectivity index (χ3n) is 13.0. The molecule has 2 rings (SSSR count). The monoisotopic (exact) mass is 1200 g/mol. The number of amides is 10. The summed E-state index contributed by atoms with van der Waals surface area (Å²) in [5.41, 5.74) is 22.9. The molecule has 0 fully saturated rings. The van der Waals surface area contributed by atoms with E-state index in [2.05, 4.69) is 52.8 Å². The van der Waals surface area contributed by atoms with Gasteiger partial charge in [0.15, 0.2) is 5.96 Å². The summed E-state index contributed by atoms with van der Waals surface area (Å²) in [6, 6.07) is -0.705. The number of aliphatic hydroxyl groups excluding tert-OH is 2. The summed E-state index contributed by atoms with van der Waals surface area (Å²) >= 11 is 0. The molecule has 10 amide bonds. The summed E-state index contributed by atoms with van der Waals surface area (Å²) in [5.74, 6) is -12.6. The number of aliphatic hydroxyl groups is 2. The number of phenols is 1. The average Bonchev–Trinajstić information content (AvgIpc) is 3.41. The van der Waals surface area contributed by atoms with E-state index in [-0.39, 0.29) is 68.6 Å². The van der Waals surface area contributed by atoms with Gasteiger partial charge in [0.05, 0.1) is 25.7 Å². The van der Waals surface area contributed by atoms with E-state index in [0.29, 0.717) is 11.1 Å². The van der Waals surface area contributed by atoms with Crippen LogP contribution in [0.25, 0.3) is 0 Å². The molecule has 0 radical (unpaired) electrons. The van der Waals surface area contributed by atoms with Crippen LogP contribution in [-0.2, 0) is 65.6 Å². The molecule has 0 aromatic heterocycles. The first kappa shape index (κ1) is 72.7. The van der Waals surface area contributed by atoms with Crippen molar-refractivity contribution in [3.05, 3.63) is 65.7 Å². The molecule has 0 saturated carbocycles. The lowest BCUT2D eigenvalue weighted by molar-refractivity contribution is -0.143. The first-order valence-electron chi connectivity index (χ1n) is 28.0. The van der Waals surface area contributed by atoms with Crippen LogP contribution < -0.4 is 70.8 Å². The second-order valence-electron chi connectivity index (χ2n) is 22.1. The number of benzene rings is 2. The number of guanidine groups is 1. The minimum Gasteiger partial charge on any atom is -0.508 e. The lowest BCUT2D eigenvalue weighted by Crippen LogP contribution is -2.62. The maximum absolute atomic E-state index is 14.3. The smallest absolute Gasteiger partial charge is 0.326 e. The number of hydrogen-bond donors (Lipinski definition) is 17. The predicted molar refractivity (Wildman–Crippen MR) is 311 cm³/mol. The van der Waals surface area contributed by atoms with E-state index < -0.39 is 157 Å². The first-order chi connectivity index (χ1) is 39.9. The van der Waals surface area contributed by atoms with Gasteiger partial charge >= 0.3 is 5.97 Å². The summed E-state index contributed by atoms with van der Waals surface area (Å²) in [5, 5.41) is 63.2. The topological polar surface area (TPSA) is 493 Å². The lowest BCUT2D eigenvalue weighted by Gasteiger charge is -2.29. The highest BCUT2D eigenvalue weighted by Gasteiger charge is 2.37. The van der Waals surface area contributed by atoms with Crippen molar-refractivity contribution in [3.63, 3.8) is 0 Å². The second-order valence-corrected chi connectivity index (χ2v) is 22.1. The van der Waals surface area contributed by atoms with Crippen LogP contribution >= 0.6 is 0 Å². The fourth-order valence-electron chi connectivity index (χ4n) is 8.47. The van der Waals surface area contributed by atoms with Crippen molar-refractivity contribution in [3.8, 4) is 5.75 Å². The van der Waals surface area contributed by atoms with Gasteiger partial charge in [0.2, 0.25) is 59.1 Å². The number of aromatic hydroxyl groups is 1. The molecule has 29 heteroatoms. The fraction of sp³-hybridized carbons (Fsp3) is 0.571. The Morgan fingerprint density at radius 2 is 0.847 bits per heavy atom. The van der Waals surface area contributed by atoms with Crippen LogP contribution in [-0.4, -0.2) is 172 Å². The van der Waals surface area contributed by atoms with Gasteiger partial charge in [0, 0.05) is 19.4 Å². The standard InChI is InChI=1S/C56H88N14O15/c1-28(2)21-37(64-53(82)42(27-72)68-54(83)44(30(5)6)69-50(79)38(22-29(3)4)63-46(75)35(57)25-43(58)74)48(77)66-39(23-32-13-10-9-11-14-32)49(78)67-41(26-71)52(81)62-36(15-12-20-61-56(59)60)47(76)65-40(24-33-16-18-34(73)19-17-33)51(80)70-45(31(7)8)55(84)85/h9-11,13-14,16-19,28-31,35-42,44-45,71-73H,12,15,20-27,57H2,1-8H3,(H2,58,74)(H,62,81)(H,63,75)(H,64,82)(H,65,76)(H,66,77)(H,67,78)(H,68,83)(H,69,79)(H,70,80)(H,84,85)(H4,59,60,61)/t35-,36-,37-,38-,39-,40-,41-,42-,44-,45-/m0/s1. The van der Waals surface area contributed by atoms with Crippen molar-refractivity contribution < 1.29 is 73.2 Å². The van der Waals surface area contributed by atoms with E-state index in [1.54, 1.807) is 85.7 Å². The van der Waals surface area contributed by atoms with E-state index in [1.807, 2.05) is 0 Å². The summed E-state index contributed by atoms with van der Waals surface area (Å²) in [7, 11) is 0. The highest BCUT2D eigenvalue weighted by atomic mass is 16.4. The molecular weight excluding hydrogens is 1110 g/mol. The Labute approximate surface area is 494 Å². The molecule has 0 aliphatic carbocycles. The highest BCUT2D eigenvalue weighted by molar-refractivity contribution is 5.99. The van der Waals surface area contributed by atoms with E-state index in [9.17, 15) is 73.2 Å². The summed E-state index contributed by atoms with van der Waals surface area (Å²) in [6.45, 7) is 11.3. The summed E-state index contributed by atoms with van der Waals surface area (Å²) < 4.78 is 0. The normalized spacial score (nSPS) is 14.8. The van der Waals surface area contributed by atoms with E-state index in [4.69, 9.17) is 22.9 Å². The maximum atomic E-state index is 14.3. The van der Waals surface area contributed by atoms with Gasteiger partial charge < -0.3 is 91.2 Å². The van der Waals surface area contributed by atoms with Gasteiger partial charge in [-0.25, -0.2) is 4.79 Å². The number of primary amides is 1. The van der Waals surface area contributed by atoms with Crippen LogP contribution in [0.1, 0.15) is 98.6 Å². The fourth-order valence-corrected chi connectivity index (χ4v) is 8.47. The molecule has 0 heterocycles. The van der Waals surface area contributed by atoms with E-state index in [0.717, 1.165) is 0 Å². The zero-order valence-corrected chi connectivity index (χ0v) is 49.4. The number of aliphatic carboxylic acids is 1. The number of carbonyl (C=O) groups excluding carboxylic acids is 10. The molecule has 29 nitrogen and oxygen atoms in total. The summed E-state index contributed by atoms with van der Waals surface area (Å²) in [6.07, 6.45) is -0.974. The van der Waals surface area contributed by atoms with Gasteiger partial charge in [-0.2, -0.15) is 0 Å². The molecule has 0 aliphatic heterocycles. The molecule has 0 saturated heterocycles. The quantitative estimate of drug-likeness (QED) is 0.0176. The molecule has 0 unspecified atom stereocenters. The van der Waals surface area contributed by atoms with Gasteiger partial charge in [0.1, 0.15) is 60.1 Å². The highest BCUT2D eigenvalue weighted by Crippen LogP contribution is 2.15. The molecular formula is C56H88N14O15. The summed E-state index contributed by atoms with van der Waals surface area (Å²) in [4.78, 5) is 152. The Morgan fingerprint density at radius 3 is 1.29 bits per heavy atom. The average molecular weight is 1200 g/mol. The van der Waals surface area contributed by atoms with Crippen molar-refractivity contribution in [1.82, 2.24) is 47.9 Å². The van der Waals surface area contributed by atoms with Crippen molar-refractivity contribution >= 4 is 71.0 Å². The Kier molecular flexibility index (Phi) is 31.0. The van der Waals surface area contributed by atoms with E-state index in [1.165, 1.54) is 24.3 Å². The molecule has 0 spiro atoms. The van der Waals surface area contributed by atoms with Crippen molar-refractivity contribution in [2.45, 2.75) is 161 Å². The van der Waals surface area contributed by atoms with Gasteiger partial charge in [-0.15, -0.1) is 0 Å². The van der Waals surface area contributed by atoms with Gasteiger partial charge in [-0.05, 0) is 72.6 Å². The number of nitrogens with two attached hydrogens (primary N) is 4. The minimum absolute atomic E-state index is 0.0249. The number of aliphatic imine (C=N–C) groups is 1. The molecule has 10 atom stereocenters. The Hall–Kier alpha value is -8.44. The molecule has 21 N–H and O–H groups in total. The Balaban J connectivity index is 2.45. The minimum atomic E-state index is -1.79. The van der Waals surface area contributed by atoms with Crippen molar-refractivity contribution in [2.75, 3.05) is 19.8 Å². The maximum Gasteiger partial charge on any atom is 0.326 e. The lowest BCUT2D eigenvalue weighted by atomic mass is 9.99.